The van der Waals surface area contributed by atoms with Crippen LogP contribution in [0.3, 0.4) is 0 Å². The second-order valence-electron chi connectivity index (χ2n) is 15.1. The van der Waals surface area contributed by atoms with Crippen LogP contribution in [0.1, 0.15) is 168 Å². The van der Waals surface area contributed by atoms with Crippen molar-refractivity contribution in [2.45, 2.75) is 211 Å². The molecule has 7 unspecified atom stereocenters. The average molecular weight is 776 g/mol. The van der Waals surface area contributed by atoms with Gasteiger partial charge in [0.05, 0.1) is 25.4 Å². The Bertz CT molecular complexity index is 1040. The van der Waals surface area contributed by atoms with E-state index in [-0.39, 0.29) is 12.5 Å². The van der Waals surface area contributed by atoms with Gasteiger partial charge in [0.2, 0.25) is 5.91 Å². The zero-order valence-corrected chi connectivity index (χ0v) is 34.7. The summed E-state index contributed by atoms with van der Waals surface area (Å²) in [4.78, 5) is 12.9. The molecular formula is C46H81NO8. The Morgan fingerprint density at radius 2 is 1.09 bits per heavy atom. The van der Waals surface area contributed by atoms with E-state index in [2.05, 4.69) is 67.8 Å². The van der Waals surface area contributed by atoms with Crippen LogP contribution in [0.25, 0.3) is 0 Å². The minimum absolute atomic E-state index is 0.203. The summed E-state index contributed by atoms with van der Waals surface area (Å²) in [7, 11) is 0. The maximum Gasteiger partial charge on any atom is 0.220 e. The SMILES string of the molecule is CCCCC/C=C\C/C=C\CCCCCCCCCC(=O)NC(COC1OC(CO)C(O)C(O)C1O)C(O)/C=C/CC/C=C/CC/C=C/CCCCCCC. The zero-order chi connectivity index (χ0) is 40.2. The molecule has 0 radical (unpaired) electrons. The quantitative estimate of drug-likeness (QED) is 0.0277. The van der Waals surface area contributed by atoms with Gasteiger partial charge >= 0.3 is 0 Å². The van der Waals surface area contributed by atoms with E-state index in [1.165, 1.54) is 77.0 Å². The van der Waals surface area contributed by atoms with Crippen molar-refractivity contribution in [1.29, 1.82) is 0 Å². The summed E-state index contributed by atoms with van der Waals surface area (Å²) in [6, 6.07) is -0.832. The summed E-state index contributed by atoms with van der Waals surface area (Å²) in [6.07, 6.45) is 39.7. The maximum atomic E-state index is 12.9. The van der Waals surface area contributed by atoms with Crippen LogP contribution >= 0.6 is 0 Å². The molecule has 1 rings (SSSR count). The highest BCUT2D eigenvalue weighted by Gasteiger charge is 2.44. The molecule has 9 heteroatoms. The number of amides is 1. The minimum atomic E-state index is -1.58. The van der Waals surface area contributed by atoms with Crippen LogP contribution in [0.5, 0.6) is 0 Å². The van der Waals surface area contributed by atoms with Crippen molar-refractivity contribution in [1.82, 2.24) is 5.32 Å². The molecule has 0 aliphatic carbocycles. The summed E-state index contributed by atoms with van der Waals surface area (Å²) in [5.74, 6) is -0.203. The lowest BCUT2D eigenvalue weighted by atomic mass is 9.99. The van der Waals surface area contributed by atoms with Crippen LogP contribution in [0.4, 0.5) is 0 Å². The van der Waals surface area contributed by atoms with Crippen molar-refractivity contribution in [3.63, 3.8) is 0 Å². The Morgan fingerprint density at radius 1 is 0.618 bits per heavy atom. The van der Waals surface area contributed by atoms with Gasteiger partial charge in [-0.3, -0.25) is 4.79 Å². The molecule has 0 saturated carbocycles. The fraction of sp³-hybridized carbons (Fsp3) is 0.761. The van der Waals surface area contributed by atoms with Crippen molar-refractivity contribution in [2.24, 2.45) is 0 Å². The van der Waals surface area contributed by atoms with Crippen LogP contribution in [0, 0.1) is 0 Å². The van der Waals surface area contributed by atoms with Gasteiger partial charge in [0, 0.05) is 6.42 Å². The highest BCUT2D eigenvalue weighted by molar-refractivity contribution is 5.76. The monoisotopic (exact) mass is 776 g/mol. The largest absolute Gasteiger partial charge is 0.394 e. The number of aliphatic hydroxyl groups is 5. The van der Waals surface area contributed by atoms with E-state index in [4.69, 9.17) is 9.47 Å². The fourth-order valence-corrected chi connectivity index (χ4v) is 6.45. The number of hydrogen-bond acceptors (Lipinski definition) is 8. The number of rotatable bonds is 35. The molecule has 318 valence electrons. The van der Waals surface area contributed by atoms with Crippen LogP contribution in [0.2, 0.25) is 0 Å². The molecule has 1 aliphatic rings. The van der Waals surface area contributed by atoms with Gasteiger partial charge in [-0.1, -0.05) is 145 Å². The first-order valence-corrected chi connectivity index (χ1v) is 22.0. The van der Waals surface area contributed by atoms with E-state index >= 15 is 0 Å². The molecule has 0 aromatic carbocycles. The topological polar surface area (TPSA) is 149 Å². The third-order valence-electron chi connectivity index (χ3n) is 10.0. The Kier molecular flexibility index (Phi) is 33.5. The normalized spacial score (nSPS) is 21.9. The molecule has 1 heterocycles. The lowest BCUT2D eigenvalue weighted by Crippen LogP contribution is -2.60. The molecular weight excluding hydrogens is 695 g/mol. The molecule has 1 aliphatic heterocycles. The fourth-order valence-electron chi connectivity index (χ4n) is 6.45. The molecule has 1 amide bonds. The standard InChI is InChI=1S/C46H81NO8/c1-3-5-7-9-11-13-15-17-19-20-22-24-26-28-30-32-34-36-42(50)47-39(38-54-46-45(53)44(52)43(51)41(37-48)55-46)40(49)35-33-31-29-27-25-23-21-18-16-14-12-10-8-6-4-2/h11,13,16-19,25,27,33,35,39-41,43-46,48-49,51-53H,3-10,12,14-15,20-24,26,28-32,34,36-38H2,1-2H3,(H,47,50)/b13-11-,18-16+,19-17-,27-25+,35-33+. The summed E-state index contributed by atoms with van der Waals surface area (Å²) in [5, 5.41) is 54.1. The second kappa shape index (κ2) is 36.2. The van der Waals surface area contributed by atoms with Crippen molar-refractivity contribution in [2.75, 3.05) is 13.2 Å². The molecule has 1 fully saturated rings. The number of unbranched alkanes of at least 4 members (excludes halogenated alkanes) is 17. The number of hydrogen-bond donors (Lipinski definition) is 6. The first-order chi connectivity index (χ1) is 26.8. The zero-order valence-electron chi connectivity index (χ0n) is 34.7. The summed E-state index contributed by atoms with van der Waals surface area (Å²) in [6.45, 7) is 3.68. The van der Waals surface area contributed by atoms with Crippen molar-refractivity contribution < 1.29 is 39.8 Å². The highest BCUT2D eigenvalue weighted by Crippen LogP contribution is 2.22. The van der Waals surface area contributed by atoms with Gasteiger partial charge in [-0.25, -0.2) is 0 Å². The van der Waals surface area contributed by atoms with Crippen LogP contribution < -0.4 is 5.32 Å². The predicted octanol–water partition coefficient (Wildman–Crippen LogP) is 8.83. The molecule has 0 spiro atoms. The Labute approximate surface area is 335 Å². The predicted molar refractivity (Wildman–Crippen MR) is 226 cm³/mol. The molecule has 6 N–H and O–H groups in total. The van der Waals surface area contributed by atoms with E-state index in [1.807, 2.05) is 6.08 Å². The highest BCUT2D eigenvalue weighted by atomic mass is 16.7. The third kappa shape index (κ3) is 27.2. The first kappa shape index (κ1) is 50.9. The van der Waals surface area contributed by atoms with Gasteiger partial charge in [0.15, 0.2) is 6.29 Å². The second-order valence-corrected chi connectivity index (χ2v) is 15.1. The lowest BCUT2D eigenvalue weighted by molar-refractivity contribution is -0.302. The number of carbonyl (C=O) groups excluding carboxylic acids is 1. The lowest BCUT2D eigenvalue weighted by Gasteiger charge is -2.40. The van der Waals surface area contributed by atoms with Gasteiger partial charge in [0.25, 0.3) is 0 Å². The number of aliphatic hydroxyl groups excluding tert-OH is 5. The molecule has 0 aromatic heterocycles. The van der Waals surface area contributed by atoms with Crippen LogP contribution in [-0.2, 0) is 14.3 Å². The van der Waals surface area contributed by atoms with E-state index in [0.29, 0.717) is 6.42 Å². The molecule has 9 nitrogen and oxygen atoms in total. The van der Waals surface area contributed by atoms with E-state index in [0.717, 1.165) is 70.6 Å². The van der Waals surface area contributed by atoms with E-state index in [1.54, 1.807) is 6.08 Å². The minimum Gasteiger partial charge on any atom is -0.394 e. The number of allylic oxidation sites excluding steroid dienone is 9. The van der Waals surface area contributed by atoms with Crippen molar-refractivity contribution >= 4 is 5.91 Å². The number of carbonyl (C=O) groups is 1. The van der Waals surface area contributed by atoms with Gasteiger partial charge in [-0.05, 0) is 77.0 Å². The number of ether oxygens (including phenoxy) is 2. The molecule has 0 aromatic rings. The third-order valence-corrected chi connectivity index (χ3v) is 10.0. The van der Waals surface area contributed by atoms with Crippen LogP contribution in [-0.4, -0.2) is 87.5 Å². The van der Waals surface area contributed by atoms with Crippen molar-refractivity contribution in [3.05, 3.63) is 60.8 Å². The summed E-state index contributed by atoms with van der Waals surface area (Å²) < 4.78 is 11.2. The van der Waals surface area contributed by atoms with E-state index in [9.17, 15) is 30.3 Å². The Hall–Kier alpha value is -2.11. The maximum absolute atomic E-state index is 12.9. The van der Waals surface area contributed by atoms with Gasteiger partial charge < -0.3 is 40.3 Å². The Balaban J connectivity index is 2.43. The van der Waals surface area contributed by atoms with E-state index < -0.39 is 49.5 Å². The average Bonchev–Trinajstić information content (AvgIpc) is 3.18. The molecule has 55 heavy (non-hydrogen) atoms. The van der Waals surface area contributed by atoms with Gasteiger partial charge in [-0.15, -0.1) is 0 Å². The molecule has 0 bridgehead atoms. The number of nitrogens with one attached hydrogen (secondary N) is 1. The molecule has 1 saturated heterocycles. The van der Waals surface area contributed by atoms with Crippen molar-refractivity contribution in [3.8, 4) is 0 Å². The first-order valence-electron chi connectivity index (χ1n) is 22.0. The van der Waals surface area contributed by atoms with Gasteiger partial charge in [-0.2, -0.15) is 0 Å². The summed E-state index contributed by atoms with van der Waals surface area (Å²) in [5.41, 5.74) is 0. The van der Waals surface area contributed by atoms with Crippen LogP contribution in [0.15, 0.2) is 60.8 Å². The molecule has 7 atom stereocenters. The Morgan fingerprint density at radius 3 is 1.67 bits per heavy atom. The smallest absolute Gasteiger partial charge is 0.220 e. The summed E-state index contributed by atoms with van der Waals surface area (Å²) >= 11 is 0. The van der Waals surface area contributed by atoms with Gasteiger partial charge in [0.1, 0.15) is 24.4 Å².